The number of allylic oxidation sites excluding steroid dienone is 2. The van der Waals surface area contributed by atoms with E-state index < -0.39 is 12.8 Å². The molecular formula is C23H29F5O. The van der Waals surface area contributed by atoms with E-state index in [0.29, 0.717) is 17.8 Å². The molecule has 0 aromatic heterocycles. The maximum absolute atomic E-state index is 12.3. The van der Waals surface area contributed by atoms with Crippen molar-refractivity contribution in [2.24, 2.45) is 17.8 Å². The number of halogens is 5. The lowest BCUT2D eigenvalue weighted by Crippen LogP contribution is -2.25. The molecule has 0 heterocycles. The molecule has 29 heavy (non-hydrogen) atoms. The summed E-state index contributed by atoms with van der Waals surface area (Å²) in [6.07, 6.45) is 5.51. The van der Waals surface area contributed by atoms with Crippen molar-refractivity contribution in [3.63, 3.8) is 0 Å². The first-order valence-electron chi connectivity index (χ1n) is 10.6. The summed E-state index contributed by atoms with van der Waals surface area (Å²) in [4.78, 5) is 0. The minimum Gasteiger partial charge on any atom is -0.406 e. The summed E-state index contributed by atoms with van der Waals surface area (Å²) >= 11 is 0. The van der Waals surface area contributed by atoms with Crippen LogP contribution in [0.1, 0.15) is 69.3 Å². The van der Waals surface area contributed by atoms with E-state index in [1.807, 2.05) is 6.08 Å². The van der Waals surface area contributed by atoms with Crippen molar-refractivity contribution in [2.45, 2.75) is 76.5 Å². The molecule has 6 heteroatoms. The number of ether oxygens (including phenoxy) is 1. The normalized spacial score (nSPS) is 28.8. The largest absolute Gasteiger partial charge is 0.573 e. The quantitative estimate of drug-likeness (QED) is 0.339. The summed E-state index contributed by atoms with van der Waals surface area (Å²) < 4.78 is 65.2. The Balaban J connectivity index is 1.42. The fourth-order valence-corrected chi connectivity index (χ4v) is 5.05. The second-order valence-corrected chi connectivity index (χ2v) is 8.46. The number of alkyl halides is 5. The lowest BCUT2D eigenvalue weighted by molar-refractivity contribution is -0.274. The van der Waals surface area contributed by atoms with E-state index in [1.54, 1.807) is 18.2 Å². The van der Waals surface area contributed by atoms with Crippen molar-refractivity contribution in [3.8, 4) is 5.75 Å². The van der Waals surface area contributed by atoms with Crippen LogP contribution in [-0.4, -0.2) is 12.8 Å². The van der Waals surface area contributed by atoms with E-state index in [9.17, 15) is 22.0 Å². The number of benzene rings is 1. The van der Waals surface area contributed by atoms with Gasteiger partial charge in [-0.05, 0) is 92.7 Å². The van der Waals surface area contributed by atoms with Crippen LogP contribution in [-0.2, 0) is 0 Å². The average molecular weight is 416 g/mol. The first-order valence-corrected chi connectivity index (χ1v) is 10.6. The Morgan fingerprint density at radius 3 is 1.93 bits per heavy atom. The van der Waals surface area contributed by atoms with Crippen molar-refractivity contribution in [3.05, 3.63) is 42.0 Å². The third-order valence-corrected chi connectivity index (χ3v) is 6.56. The lowest BCUT2D eigenvalue weighted by atomic mass is 9.68. The van der Waals surface area contributed by atoms with Gasteiger partial charge in [0.2, 0.25) is 6.43 Å². The number of hydrogen-bond acceptors (Lipinski definition) is 1. The molecule has 0 atom stereocenters. The van der Waals surface area contributed by atoms with Gasteiger partial charge in [-0.1, -0.05) is 24.3 Å². The van der Waals surface area contributed by atoms with E-state index in [-0.39, 0.29) is 12.2 Å². The maximum atomic E-state index is 12.3. The van der Waals surface area contributed by atoms with Gasteiger partial charge in [-0.2, -0.15) is 0 Å². The maximum Gasteiger partial charge on any atom is 0.573 e. The van der Waals surface area contributed by atoms with Gasteiger partial charge in [-0.3, -0.25) is 0 Å². The highest BCUT2D eigenvalue weighted by Gasteiger charge is 2.32. The molecule has 0 aliphatic heterocycles. The van der Waals surface area contributed by atoms with Crippen LogP contribution in [0.4, 0.5) is 22.0 Å². The van der Waals surface area contributed by atoms with Gasteiger partial charge in [-0.15, -0.1) is 13.2 Å². The van der Waals surface area contributed by atoms with Crippen LogP contribution >= 0.6 is 0 Å². The molecule has 1 aromatic carbocycles. The summed E-state index contributed by atoms with van der Waals surface area (Å²) in [6, 6.07) is 6.31. The molecule has 0 N–H and O–H groups in total. The summed E-state index contributed by atoms with van der Waals surface area (Å²) in [7, 11) is 0. The SMILES string of the molecule is FC(F)C/C=C/C1CCC(C2CCC(c3ccc(OC(F)(F)F)cc3)CC2)CC1. The molecule has 2 aliphatic carbocycles. The Hall–Kier alpha value is -1.59. The van der Waals surface area contributed by atoms with Crippen LogP contribution in [0.25, 0.3) is 0 Å². The molecule has 1 nitrogen and oxygen atoms in total. The Morgan fingerprint density at radius 1 is 0.862 bits per heavy atom. The number of rotatable bonds is 6. The van der Waals surface area contributed by atoms with Gasteiger partial charge in [-0.25, -0.2) is 8.78 Å². The zero-order chi connectivity index (χ0) is 20.9. The summed E-state index contributed by atoms with van der Waals surface area (Å²) in [6.45, 7) is 0. The highest BCUT2D eigenvalue weighted by molar-refractivity contribution is 5.29. The van der Waals surface area contributed by atoms with Crippen molar-refractivity contribution >= 4 is 0 Å². The van der Waals surface area contributed by atoms with E-state index in [2.05, 4.69) is 4.74 Å². The van der Waals surface area contributed by atoms with Gasteiger partial charge in [0.1, 0.15) is 5.75 Å². The third-order valence-electron chi connectivity index (χ3n) is 6.56. The molecule has 0 saturated heterocycles. The molecule has 162 valence electrons. The minimum absolute atomic E-state index is 0.146. The second kappa shape index (κ2) is 9.94. The van der Waals surface area contributed by atoms with E-state index in [0.717, 1.165) is 50.0 Å². The fraction of sp³-hybridized carbons (Fsp3) is 0.652. The van der Waals surface area contributed by atoms with Crippen molar-refractivity contribution in [1.82, 2.24) is 0 Å². The van der Waals surface area contributed by atoms with Gasteiger partial charge in [0, 0.05) is 6.42 Å². The molecule has 2 aliphatic rings. The molecule has 0 amide bonds. The van der Waals surface area contributed by atoms with Crippen LogP contribution in [0.15, 0.2) is 36.4 Å². The standard InChI is InChI=1S/C23H29F5O/c24-22(25)3-1-2-16-4-6-17(7-5-16)18-8-10-19(11-9-18)20-12-14-21(15-13-20)29-23(26,27)28/h1-2,12-19,22H,3-11H2/b2-1+. The van der Waals surface area contributed by atoms with Crippen LogP contribution in [0.2, 0.25) is 0 Å². The van der Waals surface area contributed by atoms with E-state index >= 15 is 0 Å². The fourth-order valence-electron chi connectivity index (χ4n) is 5.05. The lowest BCUT2D eigenvalue weighted by Gasteiger charge is -2.37. The average Bonchev–Trinajstić information content (AvgIpc) is 2.68. The summed E-state index contributed by atoms with van der Waals surface area (Å²) in [5.74, 6) is 2.11. The molecule has 2 saturated carbocycles. The number of hydrogen-bond donors (Lipinski definition) is 0. The Kier molecular flexibility index (Phi) is 7.58. The molecule has 0 radical (unpaired) electrons. The van der Waals surface area contributed by atoms with Gasteiger partial charge in [0.15, 0.2) is 0 Å². The highest BCUT2D eigenvalue weighted by Crippen LogP contribution is 2.44. The highest BCUT2D eigenvalue weighted by atomic mass is 19.4. The third kappa shape index (κ3) is 7.00. The molecule has 3 rings (SSSR count). The van der Waals surface area contributed by atoms with Crippen molar-refractivity contribution in [2.75, 3.05) is 0 Å². The monoisotopic (exact) mass is 416 g/mol. The first kappa shape index (κ1) is 22.1. The predicted molar refractivity (Wildman–Crippen MR) is 103 cm³/mol. The molecular weight excluding hydrogens is 387 g/mol. The molecule has 0 unspecified atom stereocenters. The van der Waals surface area contributed by atoms with Gasteiger partial charge >= 0.3 is 6.36 Å². The Labute approximate surface area is 169 Å². The van der Waals surface area contributed by atoms with Crippen LogP contribution in [0.5, 0.6) is 5.75 Å². The topological polar surface area (TPSA) is 9.23 Å². The van der Waals surface area contributed by atoms with Crippen LogP contribution in [0.3, 0.4) is 0 Å². The van der Waals surface area contributed by atoms with Crippen molar-refractivity contribution < 1.29 is 26.7 Å². The zero-order valence-corrected chi connectivity index (χ0v) is 16.5. The molecule has 2 fully saturated rings. The molecule has 1 aromatic rings. The summed E-state index contributed by atoms with van der Waals surface area (Å²) in [5, 5.41) is 0. The van der Waals surface area contributed by atoms with Gasteiger partial charge < -0.3 is 4.74 Å². The van der Waals surface area contributed by atoms with Gasteiger partial charge in [0.25, 0.3) is 0 Å². The predicted octanol–water partition coefficient (Wildman–Crippen LogP) is 7.88. The van der Waals surface area contributed by atoms with Crippen LogP contribution < -0.4 is 4.74 Å². The summed E-state index contributed by atoms with van der Waals surface area (Å²) in [5.41, 5.74) is 1.09. The van der Waals surface area contributed by atoms with Crippen LogP contribution in [0, 0.1) is 17.8 Å². The first-order chi connectivity index (χ1) is 13.8. The smallest absolute Gasteiger partial charge is 0.406 e. The Morgan fingerprint density at radius 2 is 1.41 bits per heavy atom. The molecule has 0 spiro atoms. The van der Waals surface area contributed by atoms with E-state index in [1.165, 1.54) is 25.0 Å². The minimum atomic E-state index is -4.66. The zero-order valence-electron chi connectivity index (χ0n) is 16.5. The van der Waals surface area contributed by atoms with E-state index in [4.69, 9.17) is 0 Å². The second-order valence-electron chi connectivity index (χ2n) is 8.46. The van der Waals surface area contributed by atoms with Gasteiger partial charge in [0.05, 0.1) is 0 Å². The molecule has 0 bridgehead atoms. The van der Waals surface area contributed by atoms with Crippen molar-refractivity contribution in [1.29, 1.82) is 0 Å². The Bertz CT molecular complexity index is 636.